The topological polar surface area (TPSA) is 91.3 Å². The monoisotopic (exact) mass is 279 g/mol. The van der Waals surface area contributed by atoms with Gasteiger partial charge in [-0.1, -0.05) is 26.7 Å². The summed E-state index contributed by atoms with van der Waals surface area (Å²) < 4.78 is 0. The van der Waals surface area contributed by atoms with Gasteiger partial charge in [-0.05, 0) is 25.0 Å². The van der Waals surface area contributed by atoms with Crippen molar-refractivity contribution in [2.45, 2.75) is 39.7 Å². The fraction of sp³-hybridized carbons (Fsp3) is 0.500. The average Bonchev–Trinajstić information content (AvgIpc) is 2.40. The second-order valence-corrected chi connectivity index (χ2v) is 4.67. The lowest BCUT2D eigenvalue weighted by Gasteiger charge is -2.22. The summed E-state index contributed by atoms with van der Waals surface area (Å²) in [5.74, 6) is -0.775. The van der Waals surface area contributed by atoms with Crippen molar-refractivity contribution < 1.29 is 14.7 Å². The van der Waals surface area contributed by atoms with Gasteiger partial charge in [0.1, 0.15) is 0 Å². The van der Waals surface area contributed by atoms with Crippen LogP contribution in [0.15, 0.2) is 18.3 Å². The molecule has 0 aromatic carbocycles. The van der Waals surface area contributed by atoms with Crippen LogP contribution in [0.1, 0.15) is 44.1 Å². The first-order valence-electron chi connectivity index (χ1n) is 6.75. The van der Waals surface area contributed by atoms with E-state index in [0.29, 0.717) is 5.92 Å². The van der Waals surface area contributed by atoms with Crippen LogP contribution in [0.3, 0.4) is 0 Å². The molecule has 2 amide bonds. The number of urea groups is 1. The number of aromatic carboxylic acids is 1. The Bertz CT molecular complexity index is 472. The minimum atomic E-state index is -1.17. The van der Waals surface area contributed by atoms with E-state index in [2.05, 4.69) is 29.5 Å². The lowest BCUT2D eigenvalue weighted by atomic mass is 9.96. The van der Waals surface area contributed by atoms with Gasteiger partial charge in [0, 0.05) is 12.2 Å². The van der Waals surface area contributed by atoms with Crippen LogP contribution in [0.5, 0.6) is 0 Å². The van der Waals surface area contributed by atoms with Gasteiger partial charge in [0.25, 0.3) is 0 Å². The molecule has 0 aliphatic rings. The molecular formula is C14H21N3O3. The number of carbonyl (C=O) groups is 2. The molecule has 0 radical (unpaired) electrons. The Morgan fingerprint density at radius 3 is 2.55 bits per heavy atom. The van der Waals surface area contributed by atoms with Gasteiger partial charge in [0.15, 0.2) is 5.69 Å². The fourth-order valence-electron chi connectivity index (χ4n) is 2.16. The summed E-state index contributed by atoms with van der Waals surface area (Å²) in [5.41, 5.74) is 0.0204. The number of nitrogens with one attached hydrogen (secondary N) is 2. The summed E-state index contributed by atoms with van der Waals surface area (Å²) in [4.78, 5) is 26.6. The van der Waals surface area contributed by atoms with Crippen molar-refractivity contribution in [3.05, 3.63) is 24.0 Å². The molecule has 6 heteroatoms. The van der Waals surface area contributed by atoms with E-state index in [4.69, 9.17) is 5.11 Å². The highest BCUT2D eigenvalue weighted by molar-refractivity contribution is 5.98. The first-order valence-corrected chi connectivity index (χ1v) is 6.75. The van der Waals surface area contributed by atoms with Crippen molar-refractivity contribution in [3.8, 4) is 0 Å². The molecule has 0 aliphatic carbocycles. The molecule has 1 aromatic rings. The Kier molecular flexibility index (Phi) is 5.96. The van der Waals surface area contributed by atoms with E-state index in [1.165, 1.54) is 12.3 Å². The Morgan fingerprint density at radius 1 is 1.35 bits per heavy atom. The second kappa shape index (κ2) is 7.47. The first kappa shape index (κ1) is 15.9. The molecule has 1 unspecified atom stereocenters. The zero-order valence-corrected chi connectivity index (χ0v) is 12.0. The Hall–Kier alpha value is -2.11. The number of aromatic nitrogens is 1. The maximum atomic E-state index is 11.9. The minimum absolute atomic E-state index is 0.0231. The van der Waals surface area contributed by atoms with Crippen molar-refractivity contribution in [2.24, 2.45) is 5.92 Å². The SMILES string of the molecule is CCC(CC)C(C)NC(=O)Nc1cccnc1C(=O)O. The zero-order chi connectivity index (χ0) is 15.1. The number of amides is 2. The van der Waals surface area contributed by atoms with Crippen molar-refractivity contribution in [3.63, 3.8) is 0 Å². The second-order valence-electron chi connectivity index (χ2n) is 4.67. The molecule has 3 N–H and O–H groups in total. The smallest absolute Gasteiger partial charge is 0.356 e. The van der Waals surface area contributed by atoms with E-state index < -0.39 is 12.0 Å². The molecule has 6 nitrogen and oxygen atoms in total. The number of nitrogens with zero attached hydrogens (tertiary/aromatic N) is 1. The molecule has 0 bridgehead atoms. The van der Waals surface area contributed by atoms with Gasteiger partial charge in [0.05, 0.1) is 5.69 Å². The van der Waals surface area contributed by atoms with Gasteiger partial charge in [0.2, 0.25) is 0 Å². The van der Waals surface area contributed by atoms with E-state index in [-0.39, 0.29) is 17.4 Å². The van der Waals surface area contributed by atoms with E-state index >= 15 is 0 Å². The third-order valence-electron chi connectivity index (χ3n) is 3.37. The van der Waals surface area contributed by atoms with E-state index in [9.17, 15) is 9.59 Å². The Balaban J connectivity index is 2.70. The van der Waals surface area contributed by atoms with Crippen LogP contribution >= 0.6 is 0 Å². The number of carbonyl (C=O) groups excluding carboxylic acids is 1. The summed E-state index contributed by atoms with van der Waals surface area (Å²) in [6, 6.07) is 2.69. The fourth-order valence-corrected chi connectivity index (χ4v) is 2.16. The highest BCUT2D eigenvalue weighted by atomic mass is 16.4. The van der Waals surface area contributed by atoms with Crippen LogP contribution in [-0.4, -0.2) is 28.1 Å². The maximum absolute atomic E-state index is 11.9. The molecule has 1 heterocycles. The van der Waals surface area contributed by atoms with Crippen LogP contribution in [0.4, 0.5) is 10.5 Å². The third-order valence-corrected chi connectivity index (χ3v) is 3.37. The molecule has 0 aliphatic heterocycles. The molecule has 0 saturated carbocycles. The number of carboxylic acid groups (broad SMARTS) is 1. The van der Waals surface area contributed by atoms with Crippen LogP contribution in [0.25, 0.3) is 0 Å². The summed E-state index contributed by atoms with van der Waals surface area (Å²) >= 11 is 0. The number of carboxylic acids is 1. The summed E-state index contributed by atoms with van der Waals surface area (Å²) in [5, 5.41) is 14.3. The number of rotatable bonds is 6. The molecular weight excluding hydrogens is 258 g/mol. The third kappa shape index (κ3) is 4.22. The average molecular weight is 279 g/mol. The molecule has 1 aromatic heterocycles. The van der Waals surface area contributed by atoms with Crippen molar-refractivity contribution >= 4 is 17.7 Å². The van der Waals surface area contributed by atoms with Crippen molar-refractivity contribution in [1.29, 1.82) is 0 Å². The predicted molar refractivity (Wildman–Crippen MR) is 76.9 cm³/mol. The Morgan fingerprint density at radius 2 is 2.00 bits per heavy atom. The number of pyridine rings is 1. The largest absolute Gasteiger partial charge is 0.476 e. The quantitative estimate of drug-likeness (QED) is 0.746. The Labute approximate surface area is 118 Å². The molecule has 110 valence electrons. The van der Waals surface area contributed by atoms with Crippen LogP contribution in [-0.2, 0) is 0 Å². The minimum Gasteiger partial charge on any atom is -0.476 e. The first-order chi connectivity index (χ1) is 9.49. The van der Waals surface area contributed by atoms with Gasteiger partial charge in [-0.15, -0.1) is 0 Å². The van der Waals surface area contributed by atoms with Gasteiger partial charge >= 0.3 is 12.0 Å². The molecule has 0 fully saturated rings. The molecule has 0 spiro atoms. The highest BCUT2D eigenvalue weighted by Gasteiger charge is 2.17. The van der Waals surface area contributed by atoms with E-state index in [1.807, 2.05) is 6.92 Å². The highest BCUT2D eigenvalue weighted by Crippen LogP contribution is 2.14. The van der Waals surface area contributed by atoms with Crippen molar-refractivity contribution in [1.82, 2.24) is 10.3 Å². The molecule has 20 heavy (non-hydrogen) atoms. The zero-order valence-electron chi connectivity index (χ0n) is 12.0. The maximum Gasteiger partial charge on any atom is 0.356 e. The molecule has 1 atom stereocenters. The van der Waals surface area contributed by atoms with Crippen LogP contribution in [0.2, 0.25) is 0 Å². The summed E-state index contributed by atoms with van der Waals surface area (Å²) in [7, 11) is 0. The number of hydrogen-bond donors (Lipinski definition) is 3. The van der Waals surface area contributed by atoms with Gasteiger partial charge in [-0.2, -0.15) is 0 Å². The number of anilines is 1. The molecule has 0 saturated heterocycles. The summed E-state index contributed by atoms with van der Waals surface area (Å²) in [6.45, 7) is 6.10. The lowest BCUT2D eigenvalue weighted by molar-refractivity contribution is 0.0692. The predicted octanol–water partition coefficient (Wildman–Crippen LogP) is 2.73. The van der Waals surface area contributed by atoms with Gasteiger partial charge in [-0.25, -0.2) is 14.6 Å². The number of hydrogen-bond acceptors (Lipinski definition) is 3. The lowest BCUT2D eigenvalue weighted by Crippen LogP contribution is -2.40. The van der Waals surface area contributed by atoms with Crippen LogP contribution in [0, 0.1) is 5.92 Å². The van der Waals surface area contributed by atoms with E-state index in [0.717, 1.165) is 12.8 Å². The standard InChI is InChI=1S/C14H21N3O3/c1-4-10(5-2)9(3)16-14(20)17-11-7-6-8-15-12(11)13(18)19/h6-10H,4-5H2,1-3H3,(H,18,19)(H2,16,17,20). The van der Waals surface area contributed by atoms with Crippen LogP contribution < -0.4 is 10.6 Å². The summed E-state index contributed by atoms with van der Waals surface area (Å²) in [6.07, 6.45) is 3.33. The van der Waals surface area contributed by atoms with Crippen molar-refractivity contribution in [2.75, 3.05) is 5.32 Å². The van der Waals surface area contributed by atoms with E-state index in [1.54, 1.807) is 6.07 Å². The van der Waals surface area contributed by atoms with Gasteiger partial charge < -0.3 is 15.7 Å². The molecule has 1 rings (SSSR count). The van der Waals surface area contributed by atoms with Gasteiger partial charge in [-0.3, -0.25) is 0 Å². The normalized spacial score (nSPS) is 12.0.